The number of aryl methyl sites for hydroxylation is 1. The summed E-state index contributed by atoms with van der Waals surface area (Å²) in [4.78, 5) is 85.1. The van der Waals surface area contributed by atoms with E-state index >= 15 is 0 Å². The summed E-state index contributed by atoms with van der Waals surface area (Å²) >= 11 is 2.43. The Morgan fingerprint density at radius 3 is 2.55 bits per heavy atom. The molecule has 5 amide bonds. The van der Waals surface area contributed by atoms with E-state index in [4.69, 9.17) is 11.5 Å². The molecule has 4 heterocycles. The Bertz CT molecular complexity index is 1880. The van der Waals surface area contributed by atoms with Gasteiger partial charge < -0.3 is 32.3 Å². The first-order chi connectivity index (χ1) is 23.4. The molecule has 5 rings (SSSR count). The molecule has 258 valence electrons. The number of urea groups is 1. The van der Waals surface area contributed by atoms with E-state index in [0.29, 0.717) is 22.1 Å². The van der Waals surface area contributed by atoms with Crippen LogP contribution in [-0.4, -0.2) is 104 Å². The molecule has 0 aliphatic carbocycles. The van der Waals surface area contributed by atoms with E-state index in [1.807, 2.05) is 0 Å². The Labute approximate surface area is 284 Å². The zero-order valence-electron chi connectivity index (χ0n) is 25.6. The van der Waals surface area contributed by atoms with Crippen LogP contribution in [0.5, 0.6) is 5.75 Å². The SMILES string of the molecule is Cn1nnnc1SCC1=C(C(=O)O)N2C(=O)C(NC(=O)C(c3ccc(O)cc3)N(C(N)=O)c3cnc(NCCCC(N)=O)[nH]c3=O)[C@@H]2SC1. The van der Waals surface area contributed by atoms with Gasteiger partial charge >= 0.3 is 12.0 Å². The third kappa shape index (κ3) is 7.43. The van der Waals surface area contributed by atoms with Crippen LogP contribution in [0.25, 0.3) is 0 Å². The van der Waals surface area contributed by atoms with Crippen molar-refractivity contribution in [1.29, 1.82) is 0 Å². The highest BCUT2D eigenvalue weighted by Gasteiger charge is 2.55. The maximum Gasteiger partial charge on any atom is 0.352 e. The Hall–Kier alpha value is -5.64. The van der Waals surface area contributed by atoms with Gasteiger partial charge in [-0.3, -0.25) is 34.0 Å². The van der Waals surface area contributed by atoms with E-state index in [1.165, 1.54) is 52.5 Å². The highest BCUT2D eigenvalue weighted by Crippen LogP contribution is 2.42. The molecular formula is C27H30N12O8S2. The smallest absolute Gasteiger partial charge is 0.352 e. The van der Waals surface area contributed by atoms with Gasteiger partial charge in [-0.2, -0.15) is 0 Å². The number of nitrogens with zero attached hydrogens (tertiary/aromatic N) is 7. The minimum Gasteiger partial charge on any atom is -0.508 e. The molecule has 0 spiro atoms. The minimum atomic E-state index is -1.63. The molecule has 0 saturated carbocycles. The summed E-state index contributed by atoms with van der Waals surface area (Å²) in [6.45, 7) is 0.243. The highest BCUT2D eigenvalue weighted by molar-refractivity contribution is 8.01. The number of phenols is 1. The number of nitrogens with two attached hydrogens (primary N) is 2. The summed E-state index contributed by atoms with van der Waals surface area (Å²) < 4.78 is 1.43. The number of carbonyl (C=O) groups is 5. The summed E-state index contributed by atoms with van der Waals surface area (Å²) in [5, 5.41) is 36.1. The second-order valence-electron chi connectivity index (χ2n) is 10.7. The maximum atomic E-state index is 14.0. The number of hydrogen-bond donors (Lipinski definition) is 7. The van der Waals surface area contributed by atoms with Crippen LogP contribution < -0.4 is 32.6 Å². The number of carboxylic acids is 1. The van der Waals surface area contributed by atoms with Gasteiger partial charge in [0.15, 0.2) is 0 Å². The predicted molar refractivity (Wildman–Crippen MR) is 174 cm³/mol. The van der Waals surface area contributed by atoms with Gasteiger partial charge in [0.05, 0.1) is 6.20 Å². The first-order valence-corrected chi connectivity index (χ1v) is 16.5. The summed E-state index contributed by atoms with van der Waals surface area (Å²) in [5.74, 6) is -3.18. The van der Waals surface area contributed by atoms with Crippen LogP contribution in [0.1, 0.15) is 24.4 Å². The van der Waals surface area contributed by atoms with Crippen molar-refractivity contribution in [2.24, 2.45) is 18.5 Å². The number of aromatic nitrogens is 6. The lowest BCUT2D eigenvalue weighted by Gasteiger charge is -2.49. The quantitative estimate of drug-likeness (QED) is 0.0588. The van der Waals surface area contributed by atoms with E-state index < -0.39 is 58.4 Å². The minimum absolute atomic E-state index is 0.0102. The fourth-order valence-corrected chi connectivity index (χ4v) is 7.44. The molecule has 9 N–H and O–H groups in total. The number of rotatable bonds is 14. The van der Waals surface area contributed by atoms with Crippen molar-refractivity contribution < 1.29 is 34.2 Å². The van der Waals surface area contributed by atoms with Crippen molar-refractivity contribution in [2.75, 3.05) is 28.3 Å². The molecule has 20 nitrogen and oxygen atoms in total. The van der Waals surface area contributed by atoms with Crippen molar-refractivity contribution in [3.8, 4) is 5.75 Å². The van der Waals surface area contributed by atoms with Crippen LogP contribution in [0.2, 0.25) is 0 Å². The van der Waals surface area contributed by atoms with Crippen molar-refractivity contribution in [3.05, 3.63) is 57.6 Å². The molecule has 22 heteroatoms. The first kappa shape index (κ1) is 34.7. The number of H-pyrrole nitrogens is 1. The van der Waals surface area contributed by atoms with Gasteiger partial charge in [-0.15, -0.1) is 16.9 Å². The van der Waals surface area contributed by atoms with Crippen molar-refractivity contribution in [2.45, 2.75) is 35.5 Å². The number of β-lactam (4-membered cyclic amide) rings is 1. The van der Waals surface area contributed by atoms with E-state index in [1.54, 1.807) is 7.05 Å². The van der Waals surface area contributed by atoms with Gasteiger partial charge in [-0.05, 0) is 40.1 Å². The monoisotopic (exact) mass is 714 g/mol. The molecule has 49 heavy (non-hydrogen) atoms. The molecule has 3 aromatic rings. The number of amides is 5. The van der Waals surface area contributed by atoms with Crippen LogP contribution in [0.3, 0.4) is 0 Å². The van der Waals surface area contributed by atoms with Gasteiger partial charge in [-0.1, -0.05) is 23.9 Å². The number of carbonyl (C=O) groups excluding carboxylic acids is 4. The van der Waals surface area contributed by atoms with Crippen LogP contribution in [-0.2, 0) is 26.2 Å². The maximum absolute atomic E-state index is 14.0. The lowest BCUT2D eigenvalue weighted by atomic mass is 10.00. The number of benzene rings is 1. The Morgan fingerprint density at radius 2 is 1.94 bits per heavy atom. The number of aliphatic carboxylic acids is 1. The van der Waals surface area contributed by atoms with Crippen LogP contribution in [0, 0.1) is 0 Å². The highest BCUT2D eigenvalue weighted by atomic mass is 32.2. The van der Waals surface area contributed by atoms with Gasteiger partial charge in [-0.25, -0.2) is 19.3 Å². The number of hydrogen-bond acceptors (Lipinski definition) is 14. The van der Waals surface area contributed by atoms with Crippen LogP contribution >= 0.6 is 23.5 Å². The molecule has 0 bridgehead atoms. The topological polar surface area (TPSA) is 298 Å². The lowest BCUT2D eigenvalue weighted by molar-refractivity contribution is -0.150. The first-order valence-electron chi connectivity index (χ1n) is 14.4. The number of phenolic OH excluding ortho intramolecular Hbond substituents is 1. The second-order valence-corrected chi connectivity index (χ2v) is 12.7. The van der Waals surface area contributed by atoms with Crippen molar-refractivity contribution >= 4 is 64.9 Å². The van der Waals surface area contributed by atoms with Crippen molar-refractivity contribution in [3.63, 3.8) is 0 Å². The van der Waals surface area contributed by atoms with Crippen LogP contribution in [0.15, 0.2) is 51.7 Å². The van der Waals surface area contributed by atoms with Gasteiger partial charge in [0.2, 0.25) is 22.9 Å². The fourth-order valence-electron chi connectivity index (χ4n) is 5.10. The van der Waals surface area contributed by atoms with Gasteiger partial charge in [0.1, 0.15) is 34.6 Å². The lowest BCUT2D eigenvalue weighted by Crippen LogP contribution is -2.71. The van der Waals surface area contributed by atoms with E-state index in [-0.39, 0.29) is 47.4 Å². The number of carboxylic acid groups (broad SMARTS) is 1. The summed E-state index contributed by atoms with van der Waals surface area (Å²) in [5.41, 5.74) is 9.94. The number of primary amides is 2. The normalized spacial score (nSPS) is 17.5. The molecule has 0 radical (unpaired) electrons. The Morgan fingerprint density at radius 1 is 1.20 bits per heavy atom. The summed E-state index contributed by atoms with van der Waals surface area (Å²) in [6.07, 6.45) is 1.48. The zero-order valence-corrected chi connectivity index (χ0v) is 27.2. The van der Waals surface area contributed by atoms with E-state index in [2.05, 4.69) is 36.1 Å². The van der Waals surface area contributed by atoms with Gasteiger partial charge in [0, 0.05) is 31.5 Å². The largest absolute Gasteiger partial charge is 0.508 e. The Kier molecular flexibility index (Phi) is 10.4. The van der Waals surface area contributed by atoms with Crippen LogP contribution in [0.4, 0.5) is 16.4 Å². The Balaban J connectivity index is 1.39. The average Bonchev–Trinajstić information content (AvgIpc) is 3.47. The fraction of sp³-hybridized carbons (Fsp3) is 0.333. The molecule has 2 aromatic heterocycles. The number of nitrogens with one attached hydrogen (secondary N) is 3. The van der Waals surface area contributed by atoms with Crippen molar-refractivity contribution in [1.82, 2.24) is 40.4 Å². The molecular weight excluding hydrogens is 685 g/mol. The number of tetrazole rings is 1. The third-order valence-electron chi connectivity index (χ3n) is 7.39. The van der Waals surface area contributed by atoms with Gasteiger partial charge in [0.25, 0.3) is 11.5 Å². The number of anilines is 2. The molecule has 2 aliphatic heterocycles. The molecule has 1 saturated heterocycles. The zero-order chi connectivity index (χ0) is 35.4. The van der Waals surface area contributed by atoms with E-state index in [9.17, 15) is 39.0 Å². The summed E-state index contributed by atoms with van der Waals surface area (Å²) in [6, 6.07) is 1.13. The number of aromatic hydroxyl groups is 1. The number of aromatic amines is 1. The second kappa shape index (κ2) is 14.6. The number of thioether (sulfide) groups is 2. The summed E-state index contributed by atoms with van der Waals surface area (Å²) in [7, 11) is 1.63. The molecule has 3 atom stereocenters. The predicted octanol–water partition coefficient (Wildman–Crippen LogP) is -1.17. The number of fused-ring (bicyclic) bond motifs is 1. The molecule has 1 fully saturated rings. The average molecular weight is 715 g/mol. The third-order valence-corrected chi connectivity index (χ3v) is 9.83. The standard InChI is InChI=1S/C27H30N12O8S2/c1-37-27(34-35-36-37)49-11-13-10-48-23-17(22(44)39(23)19(13)24(45)46)32-21(43)18(12-4-6-14(40)7-5-12)38(25(29)47)15-9-31-26(33-20(15)42)30-8-2-3-16(28)41/h4-7,9,17-18,23,40H,2-3,8,10-11H2,1H3,(H2,28,41)(H2,29,47)(H,32,43)(H,45,46)(H2,30,31,33,42)/t17?,18?,23-/m0/s1. The molecule has 2 unspecified atom stereocenters. The molecule has 2 aliphatic rings. The van der Waals surface area contributed by atoms with E-state index in [0.717, 1.165) is 11.1 Å². The molecule has 1 aromatic carbocycles.